The summed E-state index contributed by atoms with van der Waals surface area (Å²) in [6, 6.07) is 25.5. The van der Waals surface area contributed by atoms with E-state index in [4.69, 9.17) is 9.84 Å². The Hall–Kier alpha value is -5.24. The van der Waals surface area contributed by atoms with Crippen molar-refractivity contribution in [2.24, 2.45) is 0 Å². The lowest BCUT2D eigenvalue weighted by Gasteiger charge is -2.16. The quantitative estimate of drug-likeness (QED) is 0.222. The highest BCUT2D eigenvalue weighted by Gasteiger charge is 2.27. The number of fused-ring (bicyclic) bond motifs is 2. The first-order valence-corrected chi connectivity index (χ1v) is 15.0. The van der Waals surface area contributed by atoms with Crippen molar-refractivity contribution in [3.05, 3.63) is 141 Å². The first-order chi connectivity index (χ1) is 21.7. The predicted octanol–water partition coefficient (Wildman–Crippen LogP) is 6.31. The first-order valence-electron chi connectivity index (χ1n) is 15.0. The second kappa shape index (κ2) is 13.6. The number of carboxylic acids is 1. The molecule has 8 nitrogen and oxygen atoms in total. The molecule has 0 saturated heterocycles. The zero-order valence-electron chi connectivity index (χ0n) is 25.6. The molecule has 0 aliphatic heterocycles. The lowest BCUT2D eigenvalue weighted by molar-refractivity contribution is 0.0599. The van der Waals surface area contributed by atoms with Crippen molar-refractivity contribution in [2.75, 3.05) is 7.11 Å². The van der Waals surface area contributed by atoms with Crippen molar-refractivity contribution in [1.82, 2.24) is 10.6 Å². The molecule has 2 atom stereocenters. The number of esters is 1. The molecule has 0 aromatic heterocycles. The largest absolute Gasteiger partial charge is 0.478 e. The maximum atomic E-state index is 12.5. The molecule has 2 aliphatic carbocycles. The van der Waals surface area contributed by atoms with Crippen LogP contribution in [0.2, 0.25) is 0 Å². The summed E-state index contributed by atoms with van der Waals surface area (Å²) < 4.78 is 4.77. The van der Waals surface area contributed by atoms with Gasteiger partial charge in [0.25, 0.3) is 11.8 Å². The number of methoxy groups -OCH3 is 1. The van der Waals surface area contributed by atoms with Gasteiger partial charge in [-0.25, -0.2) is 9.59 Å². The van der Waals surface area contributed by atoms with Gasteiger partial charge in [0.2, 0.25) is 0 Å². The Labute approximate surface area is 262 Å². The van der Waals surface area contributed by atoms with Crippen LogP contribution in [0.3, 0.4) is 0 Å². The summed E-state index contributed by atoms with van der Waals surface area (Å²) in [6.07, 6.45) is 3.40. The van der Waals surface area contributed by atoms with Gasteiger partial charge < -0.3 is 20.5 Å². The van der Waals surface area contributed by atoms with Crippen molar-refractivity contribution in [1.29, 1.82) is 0 Å². The van der Waals surface area contributed by atoms with E-state index in [0.29, 0.717) is 16.7 Å². The number of nitrogens with one attached hydrogen (secondary N) is 2. The van der Waals surface area contributed by atoms with Crippen LogP contribution >= 0.6 is 0 Å². The molecule has 2 amide bonds. The van der Waals surface area contributed by atoms with Crippen LogP contribution in [0.25, 0.3) is 0 Å². The normalized spacial score (nSPS) is 16.0. The minimum atomic E-state index is -0.946. The van der Waals surface area contributed by atoms with Crippen LogP contribution in [0.15, 0.2) is 84.9 Å². The standard InChI is InChI=1S/C19H19NO3.C18H17NO3/c1-12-5-3-4-6-15(12)18(21)20-17-10-9-13-7-8-14(11-16(13)17)19(22)23-2;1-11-4-2-3-5-14(11)17(20)19-16-9-8-12-6-7-13(18(21)22)10-15(12)16/h3-8,11,17H,9-10H2,1-2H3,(H,20,21);2-7,10,16H,8-9H2,1H3,(H,19,20)(H,21,22)/t17-;16-/m11/s1. The van der Waals surface area contributed by atoms with E-state index < -0.39 is 5.97 Å². The van der Waals surface area contributed by atoms with Crippen molar-refractivity contribution >= 4 is 23.8 Å². The number of carbonyl (C=O) groups is 4. The highest BCUT2D eigenvalue weighted by Crippen LogP contribution is 2.33. The van der Waals surface area contributed by atoms with Gasteiger partial charge >= 0.3 is 11.9 Å². The summed E-state index contributed by atoms with van der Waals surface area (Å²) in [5, 5.41) is 15.2. The van der Waals surface area contributed by atoms with Gasteiger partial charge in [0.15, 0.2) is 0 Å². The molecule has 0 saturated carbocycles. The maximum Gasteiger partial charge on any atom is 0.337 e. The van der Waals surface area contributed by atoms with Crippen molar-refractivity contribution < 1.29 is 29.0 Å². The molecule has 0 bridgehead atoms. The van der Waals surface area contributed by atoms with Gasteiger partial charge in [-0.3, -0.25) is 9.59 Å². The second-order valence-corrected chi connectivity index (χ2v) is 11.4. The molecule has 45 heavy (non-hydrogen) atoms. The average molecular weight is 605 g/mol. The average Bonchev–Trinajstić information content (AvgIpc) is 3.64. The van der Waals surface area contributed by atoms with Gasteiger partial charge in [0.1, 0.15) is 0 Å². The molecular weight excluding hydrogens is 568 g/mol. The number of aryl methyl sites for hydroxylation is 4. The van der Waals surface area contributed by atoms with Crippen molar-refractivity contribution in [3.8, 4) is 0 Å². The first kappa shape index (κ1) is 31.2. The summed E-state index contributed by atoms with van der Waals surface area (Å²) in [5.74, 6) is -1.50. The van der Waals surface area contributed by atoms with Gasteiger partial charge in [0.05, 0.1) is 30.3 Å². The highest BCUT2D eigenvalue weighted by molar-refractivity contribution is 5.97. The molecule has 0 heterocycles. The van der Waals surface area contributed by atoms with E-state index in [2.05, 4.69) is 10.6 Å². The topological polar surface area (TPSA) is 122 Å². The Morgan fingerprint density at radius 1 is 0.667 bits per heavy atom. The van der Waals surface area contributed by atoms with E-state index in [1.807, 2.05) is 74.5 Å². The summed E-state index contributed by atoms with van der Waals surface area (Å²) in [4.78, 5) is 47.7. The Morgan fingerprint density at radius 3 is 1.56 bits per heavy atom. The number of carboxylic acid groups (broad SMARTS) is 1. The van der Waals surface area contributed by atoms with E-state index in [9.17, 15) is 19.2 Å². The summed E-state index contributed by atoms with van der Waals surface area (Å²) in [5.41, 5.74) is 8.21. The molecule has 4 aromatic rings. The molecule has 8 heteroatoms. The number of carbonyl (C=O) groups excluding carboxylic acids is 3. The number of hydrogen-bond acceptors (Lipinski definition) is 5. The van der Waals surface area contributed by atoms with Crippen molar-refractivity contribution in [2.45, 2.75) is 51.6 Å². The Balaban J connectivity index is 0.000000178. The molecule has 0 spiro atoms. The van der Waals surface area contributed by atoms with Gasteiger partial charge in [-0.1, -0.05) is 48.5 Å². The van der Waals surface area contributed by atoms with Crippen LogP contribution < -0.4 is 10.6 Å². The Kier molecular flexibility index (Phi) is 9.42. The molecule has 4 aromatic carbocycles. The fourth-order valence-corrected chi connectivity index (χ4v) is 6.01. The molecule has 2 aliphatic rings. The fourth-order valence-electron chi connectivity index (χ4n) is 6.01. The number of hydrogen-bond donors (Lipinski definition) is 3. The SMILES string of the molecule is COC(=O)c1ccc2c(c1)[C@H](NC(=O)c1ccccc1C)CC2.Cc1ccccc1C(=O)N[C@@H]1CCc2ccc(C(=O)O)cc21. The number of aromatic carboxylic acids is 1. The third-order valence-corrected chi connectivity index (χ3v) is 8.51. The molecule has 0 unspecified atom stereocenters. The van der Waals surface area contributed by atoms with Gasteiger partial charge in [-0.05, 0) is 109 Å². The van der Waals surface area contributed by atoms with Gasteiger partial charge in [-0.15, -0.1) is 0 Å². The van der Waals surface area contributed by atoms with Crippen molar-refractivity contribution in [3.63, 3.8) is 0 Å². The Bertz CT molecular complexity index is 1780. The monoisotopic (exact) mass is 604 g/mol. The molecular formula is C37H36N2O6. The van der Waals surface area contributed by atoms with Crippen LogP contribution in [0.5, 0.6) is 0 Å². The van der Waals surface area contributed by atoms with E-state index in [1.165, 1.54) is 12.7 Å². The van der Waals surface area contributed by atoms with E-state index >= 15 is 0 Å². The summed E-state index contributed by atoms with van der Waals surface area (Å²) in [7, 11) is 1.37. The molecule has 3 N–H and O–H groups in total. The summed E-state index contributed by atoms with van der Waals surface area (Å²) >= 11 is 0. The fraction of sp³-hybridized carbons (Fsp3) is 0.243. The lowest BCUT2D eigenvalue weighted by Crippen LogP contribution is -2.27. The second-order valence-electron chi connectivity index (χ2n) is 11.4. The highest BCUT2D eigenvalue weighted by atomic mass is 16.5. The van der Waals surface area contributed by atoms with Crippen LogP contribution in [0, 0.1) is 13.8 Å². The molecule has 0 radical (unpaired) electrons. The van der Waals surface area contributed by atoms with E-state index in [1.54, 1.807) is 24.3 Å². The van der Waals surface area contributed by atoms with Crippen LogP contribution in [-0.4, -0.2) is 36.0 Å². The minimum Gasteiger partial charge on any atom is -0.478 e. The molecule has 0 fully saturated rings. The van der Waals surface area contributed by atoms with Crippen LogP contribution in [0.4, 0.5) is 0 Å². The summed E-state index contributed by atoms with van der Waals surface area (Å²) in [6.45, 7) is 3.83. The number of rotatable bonds is 6. The number of ether oxygens (including phenoxy) is 1. The zero-order valence-corrected chi connectivity index (χ0v) is 25.6. The maximum absolute atomic E-state index is 12.5. The lowest BCUT2D eigenvalue weighted by atomic mass is 10.0. The van der Waals surface area contributed by atoms with E-state index in [-0.39, 0.29) is 35.4 Å². The zero-order chi connectivity index (χ0) is 32.1. The van der Waals surface area contributed by atoms with Crippen LogP contribution in [-0.2, 0) is 17.6 Å². The van der Waals surface area contributed by atoms with Crippen LogP contribution in [0.1, 0.15) is 99.7 Å². The third-order valence-electron chi connectivity index (χ3n) is 8.51. The molecule has 230 valence electrons. The molecule has 6 rings (SSSR count). The third kappa shape index (κ3) is 6.96. The minimum absolute atomic E-state index is 0.0679. The number of amides is 2. The smallest absolute Gasteiger partial charge is 0.337 e. The van der Waals surface area contributed by atoms with Gasteiger partial charge in [0, 0.05) is 11.1 Å². The van der Waals surface area contributed by atoms with Gasteiger partial charge in [-0.2, -0.15) is 0 Å². The number of benzene rings is 4. The Morgan fingerprint density at radius 2 is 1.11 bits per heavy atom. The predicted molar refractivity (Wildman–Crippen MR) is 171 cm³/mol. The van der Waals surface area contributed by atoms with E-state index in [0.717, 1.165) is 53.5 Å².